The Hall–Kier alpha value is 0.480. The second kappa shape index (κ2) is 16.5. The zero-order chi connectivity index (χ0) is 14.2. The van der Waals surface area contributed by atoms with E-state index in [0.717, 1.165) is 0 Å². The summed E-state index contributed by atoms with van der Waals surface area (Å²) in [5.41, 5.74) is 0. The van der Waals surface area contributed by atoms with Gasteiger partial charge in [-0.2, -0.15) is 0 Å². The first-order valence-corrected chi connectivity index (χ1v) is 9.83. The molecule has 1 unspecified atom stereocenters. The highest BCUT2D eigenvalue weighted by atomic mass is 79.9. The third kappa shape index (κ3) is 18.5. The van der Waals surface area contributed by atoms with Crippen LogP contribution in [0, 0.1) is 0 Å². The standard InChI is InChI=1S/C18H37Br/c1-3-4-5-6-7-8-9-10-11-12-13-14-15-16-17-18(2)19/h18H,3-17H2,1-2H3. The number of hydrogen-bond donors (Lipinski definition) is 0. The van der Waals surface area contributed by atoms with Crippen molar-refractivity contribution in [3.05, 3.63) is 0 Å². The van der Waals surface area contributed by atoms with E-state index in [1.165, 1.54) is 96.3 Å². The van der Waals surface area contributed by atoms with Gasteiger partial charge in [0.05, 0.1) is 0 Å². The summed E-state index contributed by atoms with van der Waals surface area (Å²) in [7, 11) is 0. The van der Waals surface area contributed by atoms with E-state index in [4.69, 9.17) is 0 Å². The zero-order valence-electron chi connectivity index (χ0n) is 13.6. The smallest absolute Gasteiger partial charge is 0.0117 e. The van der Waals surface area contributed by atoms with Crippen LogP contribution in [-0.4, -0.2) is 4.83 Å². The van der Waals surface area contributed by atoms with Gasteiger partial charge in [-0.25, -0.2) is 0 Å². The maximum Gasteiger partial charge on any atom is 0.0117 e. The van der Waals surface area contributed by atoms with Crippen molar-refractivity contribution in [2.75, 3.05) is 0 Å². The quantitative estimate of drug-likeness (QED) is 0.213. The Labute approximate surface area is 131 Å². The van der Waals surface area contributed by atoms with E-state index in [-0.39, 0.29) is 0 Å². The summed E-state index contributed by atoms with van der Waals surface area (Å²) >= 11 is 3.61. The van der Waals surface area contributed by atoms with Crippen molar-refractivity contribution < 1.29 is 0 Å². The summed E-state index contributed by atoms with van der Waals surface area (Å²) in [5, 5.41) is 0. The molecule has 0 rings (SSSR count). The van der Waals surface area contributed by atoms with Crippen LogP contribution in [0.25, 0.3) is 0 Å². The van der Waals surface area contributed by atoms with E-state index >= 15 is 0 Å². The third-order valence-corrected chi connectivity index (χ3v) is 4.41. The lowest BCUT2D eigenvalue weighted by Gasteiger charge is -2.04. The average Bonchev–Trinajstić information content (AvgIpc) is 2.39. The van der Waals surface area contributed by atoms with E-state index in [2.05, 4.69) is 29.8 Å². The third-order valence-electron chi connectivity index (χ3n) is 3.96. The van der Waals surface area contributed by atoms with Gasteiger partial charge in [-0.3, -0.25) is 0 Å². The molecule has 0 aromatic heterocycles. The van der Waals surface area contributed by atoms with Gasteiger partial charge in [0, 0.05) is 4.83 Å². The van der Waals surface area contributed by atoms with Gasteiger partial charge < -0.3 is 0 Å². The predicted molar refractivity (Wildman–Crippen MR) is 93.3 cm³/mol. The highest BCUT2D eigenvalue weighted by Crippen LogP contribution is 2.14. The molecule has 0 spiro atoms. The van der Waals surface area contributed by atoms with Gasteiger partial charge in [0.2, 0.25) is 0 Å². The van der Waals surface area contributed by atoms with Gasteiger partial charge in [-0.05, 0) is 6.42 Å². The lowest BCUT2D eigenvalue weighted by molar-refractivity contribution is 0.532. The SMILES string of the molecule is CCCCCCCCCCCCCCCCC(C)Br. The first-order valence-electron chi connectivity index (χ1n) is 8.91. The summed E-state index contributed by atoms with van der Waals surface area (Å²) in [4.78, 5) is 0.713. The molecule has 0 bridgehead atoms. The largest absolute Gasteiger partial charge is 0.0894 e. The molecule has 0 radical (unpaired) electrons. The molecule has 0 heterocycles. The summed E-state index contributed by atoms with van der Waals surface area (Å²) < 4.78 is 0. The van der Waals surface area contributed by atoms with Crippen LogP contribution in [0.3, 0.4) is 0 Å². The number of unbranched alkanes of at least 4 members (excludes halogenated alkanes) is 13. The van der Waals surface area contributed by atoms with Crippen LogP contribution in [0.5, 0.6) is 0 Å². The maximum absolute atomic E-state index is 3.61. The van der Waals surface area contributed by atoms with Crippen molar-refractivity contribution in [2.45, 2.75) is 115 Å². The Kier molecular flexibility index (Phi) is 17.0. The first kappa shape index (κ1) is 19.5. The fourth-order valence-corrected chi connectivity index (χ4v) is 2.94. The van der Waals surface area contributed by atoms with Crippen LogP contribution >= 0.6 is 15.9 Å². The van der Waals surface area contributed by atoms with Crippen LogP contribution in [-0.2, 0) is 0 Å². The molecule has 116 valence electrons. The Morgan fingerprint density at radius 2 is 0.895 bits per heavy atom. The van der Waals surface area contributed by atoms with Gasteiger partial charge in [0.25, 0.3) is 0 Å². The second-order valence-corrected chi connectivity index (χ2v) is 7.73. The van der Waals surface area contributed by atoms with E-state index in [0.29, 0.717) is 4.83 Å². The van der Waals surface area contributed by atoms with Gasteiger partial charge in [-0.1, -0.05) is 120 Å². The summed E-state index contributed by atoms with van der Waals surface area (Å²) in [6.45, 7) is 4.54. The van der Waals surface area contributed by atoms with Crippen molar-refractivity contribution in [2.24, 2.45) is 0 Å². The lowest BCUT2D eigenvalue weighted by atomic mass is 10.0. The molecule has 0 nitrogen and oxygen atoms in total. The molecule has 1 heteroatoms. The van der Waals surface area contributed by atoms with Gasteiger partial charge in [0.1, 0.15) is 0 Å². The van der Waals surface area contributed by atoms with Gasteiger partial charge in [-0.15, -0.1) is 0 Å². The van der Waals surface area contributed by atoms with Crippen LogP contribution < -0.4 is 0 Å². The average molecular weight is 333 g/mol. The second-order valence-electron chi connectivity index (χ2n) is 6.17. The molecule has 0 aliphatic carbocycles. The minimum absolute atomic E-state index is 0.713. The molecule has 0 aliphatic heterocycles. The molecular weight excluding hydrogens is 296 g/mol. The van der Waals surface area contributed by atoms with E-state index in [9.17, 15) is 0 Å². The predicted octanol–water partition coefficient (Wildman–Crippen LogP) is 7.64. The van der Waals surface area contributed by atoms with Crippen LogP contribution in [0.2, 0.25) is 0 Å². The summed E-state index contributed by atoms with van der Waals surface area (Å²) in [5.74, 6) is 0. The van der Waals surface area contributed by atoms with Gasteiger partial charge >= 0.3 is 0 Å². The first-order chi connectivity index (χ1) is 9.27. The fourth-order valence-electron chi connectivity index (χ4n) is 2.62. The Morgan fingerprint density at radius 1 is 0.579 bits per heavy atom. The summed E-state index contributed by atoms with van der Waals surface area (Å²) in [6, 6.07) is 0. The van der Waals surface area contributed by atoms with Gasteiger partial charge in [0.15, 0.2) is 0 Å². The molecule has 0 saturated carbocycles. The lowest BCUT2D eigenvalue weighted by Crippen LogP contribution is -1.89. The Balaban J connectivity index is 2.91. The molecular formula is C18H37Br. The Morgan fingerprint density at radius 3 is 1.21 bits per heavy atom. The van der Waals surface area contributed by atoms with Crippen molar-refractivity contribution in [3.8, 4) is 0 Å². The van der Waals surface area contributed by atoms with Crippen molar-refractivity contribution in [1.29, 1.82) is 0 Å². The zero-order valence-corrected chi connectivity index (χ0v) is 15.1. The topological polar surface area (TPSA) is 0 Å². The molecule has 0 N–H and O–H groups in total. The molecule has 1 atom stereocenters. The normalized spacial score (nSPS) is 12.8. The van der Waals surface area contributed by atoms with Crippen LogP contribution in [0.1, 0.15) is 110 Å². The number of hydrogen-bond acceptors (Lipinski definition) is 0. The molecule has 0 aliphatic rings. The molecule has 0 fully saturated rings. The van der Waals surface area contributed by atoms with E-state index < -0.39 is 0 Å². The minimum Gasteiger partial charge on any atom is -0.0894 e. The highest BCUT2D eigenvalue weighted by molar-refractivity contribution is 9.09. The van der Waals surface area contributed by atoms with E-state index in [1.54, 1.807) is 0 Å². The molecule has 0 saturated heterocycles. The van der Waals surface area contributed by atoms with Crippen molar-refractivity contribution >= 4 is 15.9 Å². The number of halogens is 1. The van der Waals surface area contributed by atoms with Crippen molar-refractivity contribution in [1.82, 2.24) is 0 Å². The minimum atomic E-state index is 0.713. The summed E-state index contributed by atoms with van der Waals surface area (Å²) in [6.07, 6.45) is 21.7. The highest BCUT2D eigenvalue weighted by Gasteiger charge is 1.96. The maximum atomic E-state index is 3.61. The molecule has 19 heavy (non-hydrogen) atoms. The molecule has 0 amide bonds. The van der Waals surface area contributed by atoms with E-state index in [1.807, 2.05) is 0 Å². The Bertz CT molecular complexity index is 154. The number of rotatable bonds is 15. The fraction of sp³-hybridized carbons (Fsp3) is 1.00. The van der Waals surface area contributed by atoms with Crippen LogP contribution in [0.15, 0.2) is 0 Å². The van der Waals surface area contributed by atoms with Crippen molar-refractivity contribution in [3.63, 3.8) is 0 Å². The number of alkyl halides is 1. The van der Waals surface area contributed by atoms with Crippen LogP contribution in [0.4, 0.5) is 0 Å². The molecule has 0 aromatic carbocycles. The molecule has 0 aromatic rings. The monoisotopic (exact) mass is 332 g/mol.